The SMILES string of the molecule is Cc1cc2c(NCC3COCCO3)nccn2n1. The summed E-state index contributed by atoms with van der Waals surface area (Å²) in [4.78, 5) is 4.34. The molecule has 0 aliphatic carbocycles. The number of nitrogens with zero attached hydrogens (tertiary/aromatic N) is 3. The summed E-state index contributed by atoms with van der Waals surface area (Å²) in [5.74, 6) is 0.826. The van der Waals surface area contributed by atoms with Crippen LogP contribution in [0.4, 0.5) is 5.82 Å². The zero-order chi connectivity index (χ0) is 12.4. The van der Waals surface area contributed by atoms with E-state index in [1.165, 1.54) is 0 Å². The van der Waals surface area contributed by atoms with Gasteiger partial charge in [0.25, 0.3) is 0 Å². The molecular weight excluding hydrogens is 232 g/mol. The van der Waals surface area contributed by atoms with Gasteiger partial charge in [-0.3, -0.25) is 0 Å². The molecule has 96 valence electrons. The number of aryl methyl sites for hydroxylation is 1. The largest absolute Gasteiger partial charge is 0.376 e. The molecule has 2 aromatic heterocycles. The van der Waals surface area contributed by atoms with E-state index in [0.717, 1.165) is 17.0 Å². The lowest BCUT2D eigenvalue weighted by Gasteiger charge is -2.23. The predicted molar refractivity (Wildman–Crippen MR) is 66.8 cm³/mol. The van der Waals surface area contributed by atoms with Gasteiger partial charge in [0.1, 0.15) is 5.52 Å². The van der Waals surface area contributed by atoms with Crippen molar-refractivity contribution >= 4 is 11.3 Å². The molecule has 1 saturated heterocycles. The highest BCUT2D eigenvalue weighted by atomic mass is 16.6. The number of fused-ring (bicyclic) bond motifs is 1. The Morgan fingerprint density at radius 3 is 3.28 bits per heavy atom. The molecule has 18 heavy (non-hydrogen) atoms. The zero-order valence-corrected chi connectivity index (χ0v) is 10.3. The van der Waals surface area contributed by atoms with Gasteiger partial charge >= 0.3 is 0 Å². The van der Waals surface area contributed by atoms with Crippen LogP contribution in [0.5, 0.6) is 0 Å². The van der Waals surface area contributed by atoms with Gasteiger partial charge in [-0.15, -0.1) is 0 Å². The summed E-state index contributed by atoms with van der Waals surface area (Å²) >= 11 is 0. The first-order chi connectivity index (χ1) is 8.83. The minimum absolute atomic E-state index is 0.0878. The quantitative estimate of drug-likeness (QED) is 0.873. The van der Waals surface area contributed by atoms with E-state index in [0.29, 0.717) is 26.4 Å². The van der Waals surface area contributed by atoms with Crippen molar-refractivity contribution in [3.8, 4) is 0 Å². The van der Waals surface area contributed by atoms with Gasteiger partial charge in [0.05, 0.1) is 31.6 Å². The van der Waals surface area contributed by atoms with Crippen molar-refractivity contribution in [3.63, 3.8) is 0 Å². The second-order valence-corrected chi connectivity index (χ2v) is 4.34. The summed E-state index contributed by atoms with van der Waals surface area (Å²) in [6.45, 7) is 4.64. The summed E-state index contributed by atoms with van der Waals surface area (Å²) in [5, 5.41) is 7.64. The second kappa shape index (κ2) is 4.91. The molecule has 0 radical (unpaired) electrons. The van der Waals surface area contributed by atoms with Crippen LogP contribution in [-0.4, -0.2) is 47.1 Å². The van der Waals surface area contributed by atoms with Crippen LogP contribution < -0.4 is 5.32 Å². The standard InChI is InChI=1S/C12H16N4O2/c1-9-6-11-12(13-2-3-16(11)15-9)14-7-10-8-17-4-5-18-10/h2-3,6,10H,4-5,7-8H2,1H3,(H,13,14). The minimum Gasteiger partial charge on any atom is -0.376 e. The third-order valence-corrected chi connectivity index (χ3v) is 2.89. The van der Waals surface area contributed by atoms with Crippen LogP contribution in [0.25, 0.3) is 5.52 Å². The third kappa shape index (κ3) is 2.30. The van der Waals surface area contributed by atoms with E-state index < -0.39 is 0 Å². The fraction of sp³-hybridized carbons (Fsp3) is 0.500. The predicted octanol–water partition coefficient (Wildman–Crippen LogP) is 0.865. The van der Waals surface area contributed by atoms with E-state index in [4.69, 9.17) is 9.47 Å². The van der Waals surface area contributed by atoms with Gasteiger partial charge in [-0.05, 0) is 13.0 Å². The Bertz CT molecular complexity index is 534. The molecular formula is C12H16N4O2. The Morgan fingerprint density at radius 2 is 2.44 bits per heavy atom. The van der Waals surface area contributed by atoms with Crippen LogP contribution in [0.1, 0.15) is 5.69 Å². The van der Waals surface area contributed by atoms with Gasteiger partial charge in [-0.25, -0.2) is 9.50 Å². The minimum atomic E-state index is 0.0878. The molecule has 1 aliphatic heterocycles. The number of nitrogens with one attached hydrogen (secondary N) is 1. The molecule has 1 unspecified atom stereocenters. The Kier molecular flexibility index (Phi) is 3.12. The average Bonchev–Trinajstić information content (AvgIpc) is 2.78. The van der Waals surface area contributed by atoms with Crippen LogP contribution >= 0.6 is 0 Å². The maximum Gasteiger partial charge on any atom is 0.152 e. The molecule has 1 aliphatic rings. The highest BCUT2D eigenvalue weighted by Crippen LogP contribution is 2.15. The van der Waals surface area contributed by atoms with Gasteiger partial charge in [-0.2, -0.15) is 5.10 Å². The smallest absolute Gasteiger partial charge is 0.152 e. The van der Waals surface area contributed by atoms with E-state index in [2.05, 4.69) is 15.4 Å². The van der Waals surface area contributed by atoms with E-state index in [9.17, 15) is 0 Å². The summed E-state index contributed by atoms with van der Waals surface area (Å²) in [7, 11) is 0. The van der Waals surface area contributed by atoms with Crippen LogP contribution in [-0.2, 0) is 9.47 Å². The van der Waals surface area contributed by atoms with Crippen molar-refractivity contribution in [2.24, 2.45) is 0 Å². The molecule has 1 fully saturated rings. The molecule has 1 N–H and O–H groups in total. The highest BCUT2D eigenvalue weighted by Gasteiger charge is 2.14. The van der Waals surface area contributed by atoms with Crippen LogP contribution in [0, 0.1) is 6.92 Å². The van der Waals surface area contributed by atoms with Crippen molar-refractivity contribution in [1.82, 2.24) is 14.6 Å². The van der Waals surface area contributed by atoms with Crippen molar-refractivity contribution in [1.29, 1.82) is 0 Å². The first kappa shape index (κ1) is 11.4. The molecule has 6 nitrogen and oxygen atoms in total. The molecule has 3 heterocycles. The topological polar surface area (TPSA) is 60.7 Å². The maximum absolute atomic E-state index is 5.58. The van der Waals surface area contributed by atoms with Crippen molar-refractivity contribution < 1.29 is 9.47 Å². The molecule has 1 atom stereocenters. The zero-order valence-electron chi connectivity index (χ0n) is 10.3. The third-order valence-electron chi connectivity index (χ3n) is 2.89. The summed E-state index contributed by atoms with van der Waals surface area (Å²) in [6.07, 6.45) is 3.66. The first-order valence-electron chi connectivity index (χ1n) is 6.07. The van der Waals surface area contributed by atoms with Crippen molar-refractivity contribution in [3.05, 3.63) is 24.2 Å². The summed E-state index contributed by atoms with van der Waals surface area (Å²) in [5.41, 5.74) is 1.95. The lowest BCUT2D eigenvalue weighted by molar-refractivity contribution is -0.0819. The lowest BCUT2D eigenvalue weighted by Crippen LogP contribution is -2.34. The van der Waals surface area contributed by atoms with Crippen LogP contribution in [0.15, 0.2) is 18.5 Å². The number of hydrogen-bond donors (Lipinski definition) is 1. The molecule has 2 aromatic rings. The Balaban J connectivity index is 1.73. The maximum atomic E-state index is 5.58. The molecule has 0 spiro atoms. The van der Waals surface area contributed by atoms with Gasteiger partial charge in [0.15, 0.2) is 5.82 Å². The van der Waals surface area contributed by atoms with Crippen molar-refractivity contribution in [2.45, 2.75) is 13.0 Å². The highest BCUT2D eigenvalue weighted by molar-refractivity contribution is 5.67. The van der Waals surface area contributed by atoms with Crippen molar-refractivity contribution in [2.75, 3.05) is 31.7 Å². The van der Waals surface area contributed by atoms with Gasteiger partial charge in [-0.1, -0.05) is 0 Å². The van der Waals surface area contributed by atoms with Gasteiger partial charge in [0, 0.05) is 18.9 Å². The summed E-state index contributed by atoms with van der Waals surface area (Å²) in [6, 6.07) is 2.01. The first-order valence-corrected chi connectivity index (χ1v) is 6.07. The molecule has 0 aromatic carbocycles. The van der Waals surface area contributed by atoms with E-state index >= 15 is 0 Å². The fourth-order valence-electron chi connectivity index (χ4n) is 2.05. The molecule has 6 heteroatoms. The number of anilines is 1. The lowest BCUT2D eigenvalue weighted by atomic mass is 10.3. The van der Waals surface area contributed by atoms with Crippen LogP contribution in [0.3, 0.4) is 0 Å². The Hall–Kier alpha value is -1.66. The number of ether oxygens (including phenoxy) is 2. The monoisotopic (exact) mass is 248 g/mol. The molecule has 0 amide bonds. The molecule has 0 bridgehead atoms. The number of rotatable bonds is 3. The fourth-order valence-corrected chi connectivity index (χ4v) is 2.05. The van der Waals surface area contributed by atoms with E-state index in [1.807, 2.05) is 23.7 Å². The van der Waals surface area contributed by atoms with E-state index in [-0.39, 0.29) is 6.10 Å². The second-order valence-electron chi connectivity index (χ2n) is 4.34. The summed E-state index contributed by atoms with van der Waals surface area (Å²) < 4.78 is 12.8. The van der Waals surface area contributed by atoms with Gasteiger partial charge in [0.2, 0.25) is 0 Å². The molecule has 0 saturated carbocycles. The van der Waals surface area contributed by atoms with Crippen LogP contribution in [0.2, 0.25) is 0 Å². The number of aromatic nitrogens is 3. The molecule has 3 rings (SSSR count). The van der Waals surface area contributed by atoms with E-state index in [1.54, 1.807) is 6.20 Å². The Morgan fingerprint density at radius 1 is 1.50 bits per heavy atom. The number of hydrogen-bond acceptors (Lipinski definition) is 5. The normalized spacial score (nSPS) is 20.2. The Labute approximate surface area is 105 Å². The van der Waals surface area contributed by atoms with Gasteiger partial charge < -0.3 is 14.8 Å². The average molecular weight is 248 g/mol.